The quantitative estimate of drug-likeness (QED) is 0.837. The second kappa shape index (κ2) is 4.12. The zero-order valence-corrected chi connectivity index (χ0v) is 9.48. The summed E-state index contributed by atoms with van der Waals surface area (Å²) in [6, 6.07) is 7.84. The molecule has 0 aliphatic rings. The van der Waals surface area contributed by atoms with Crippen molar-refractivity contribution in [3.63, 3.8) is 0 Å². The summed E-state index contributed by atoms with van der Waals surface area (Å²) in [6.07, 6.45) is 0.106. The van der Waals surface area contributed by atoms with Crippen LogP contribution in [0.15, 0.2) is 24.3 Å². The molecule has 5 heteroatoms. The summed E-state index contributed by atoms with van der Waals surface area (Å²) >= 11 is 6.71. The van der Waals surface area contributed by atoms with Crippen molar-refractivity contribution in [2.24, 2.45) is 0 Å². The van der Waals surface area contributed by atoms with E-state index in [-0.39, 0.29) is 6.42 Å². The van der Waals surface area contributed by atoms with Gasteiger partial charge in [-0.2, -0.15) is 0 Å². The molecule has 1 heterocycles. The van der Waals surface area contributed by atoms with Crippen LogP contribution in [0.4, 0.5) is 0 Å². The summed E-state index contributed by atoms with van der Waals surface area (Å²) in [7, 11) is 0. The van der Waals surface area contributed by atoms with Crippen LogP contribution in [-0.4, -0.2) is 15.6 Å². The van der Waals surface area contributed by atoms with Gasteiger partial charge in [0.1, 0.15) is 0 Å². The lowest BCUT2D eigenvalue weighted by Gasteiger charge is -2.01. The minimum atomic E-state index is -0.799. The molecule has 0 saturated carbocycles. The predicted molar refractivity (Wildman–Crippen MR) is 62.9 cm³/mol. The molecule has 2 rings (SSSR count). The molecule has 0 aliphatic heterocycles. The number of nitrogens with zero attached hydrogens (tertiary/aromatic N) is 1. The van der Waals surface area contributed by atoms with E-state index in [4.69, 9.17) is 17.3 Å². The summed E-state index contributed by atoms with van der Waals surface area (Å²) in [5.74, 6) is -0.799. The number of thiazole rings is 1. The molecule has 0 fully saturated rings. The van der Waals surface area contributed by atoms with E-state index in [9.17, 15) is 4.79 Å². The highest BCUT2D eigenvalue weighted by molar-refractivity contribution is 7.73. The third-order valence-electron chi connectivity index (χ3n) is 2.12. The van der Waals surface area contributed by atoms with Gasteiger partial charge in [-0.15, -0.1) is 11.3 Å². The third-order valence-corrected chi connectivity index (χ3v) is 3.55. The number of para-hydroxylation sites is 1. The summed E-state index contributed by atoms with van der Waals surface area (Å²) in [5, 5.41) is 8.63. The standard InChI is InChI=1S/C10H9NO2S2/c12-9(13)5-6-11-7-3-1-2-4-8(7)15-10(11)14/h1-4H,5-6H2,(H,12,13). The lowest BCUT2D eigenvalue weighted by molar-refractivity contribution is -0.137. The Morgan fingerprint density at radius 3 is 2.93 bits per heavy atom. The Morgan fingerprint density at radius 1 is 1.47 bits per heavy atom. The van der Waals surface area contributed by atoms with Crippen LogP contribution in [0, 0.1) is 3.95 Å². The normalized spacial score (nSPS) is 10.7. The molecule has 0 aliphatic carbocycles. The van der Waals surface area contributed by atoms with E-state index in [0.29, 0.717) is 6.54 Å². The van der Waals surface area contributed by atoms with Crippen molar-refractivity contribution in [3.05, 3.63) is 28.2 Å². The van der Waals surface area contributed by atoms with Crippen LogP contribution in [0.2, 0.25) is 0 Å². The maximum Gasteiger partial charge on any atom is 0.305 e. The van der Waals surface area contributed by atoms with Gasteiger partial charge in [0.2, 0.25) is 0 Å². The maximum absolute atomic E-state index is 10.5. The number of aryl methyl sites for hydroxylation is 1. The van der Waals surface area contributed by atoms with Crippen molar-refractivity contribution in [2.45, 2.75) is 13.0 Å². The molecular formula is C10H9NO2S2. The first-order chi connectivity index (χ1) is 7.18. The number of benzene rings is 1. The summed E-state index contributed by atoms with van der Waals surface area (Å²) in [6.45, 7) is 0.443. The topological polar surface area (TPSA) is 42.2 Å². The monoisotopic (exact) mass is 239 g/mol. The Labute approximate surface area is 95.6 Å². The van der Waals surface area contributed by atoms with Crippen molar-refractivity contribution >= 4 is 39.7 Å². The number of fused-ring (bicyclic) bond motifs is 1. The van der Waals surface area contributed by atoms with E-state index in [1.807, 2.05) is 28.8 Å². The summed E-state index contributed by atoms with van der Waals surface area (Å²) in [4.78, 5) is 10.5. The highest BCUT2D eigenvalue weighted by Crippen LogP contribution is 2.22. The smallest absolute Gasteiger partial charge is 0.305 e. The van der Waals surface area contributed by atoms with Gasteiger partial charge in [-0.3, -0.25) is 4.79 Å². The highest BCUT2D eigenvalue weighted by atomic mass is 32.1. The van der Waals surface area contributed by atoms with Crippen molar-refractivity contribution in [1.82, 2.24) is 4.57 Å². The minimum absolute atomic E-state index is 0.106. The first-order valence-electron chi connectivity index (χ1n) is 4.48. The van der Waals surface area contributed by atoms with Crippen molar-refractivity contribution in [2.75, 3.05) is 0 Å². The van der Waals surface area contributed by atoms with Gasteiger partial charge < -0.3 is 9.67 Å². The average molecular weight is 239 g/mol. The molecule has 0 bridgehead atoms. The van der Waals surface area contributed by atoms with Crippen LogP contribution >= 0.6 is 23.6 Å². The van der Waals surface area contributed by atoms with E-state index in [1.165, 1.54) is 11.3 Å². The number of carboxylic acid groups (broad SMARTS) is 1. The molecule has 1 N–H and O–H groups in total. The zero-order chi connectivity index (χ0) is 10.8. The number of rotatable bonds is 3. The summed E-state index contributed by atoms with van der Waals surface area (Å²) < 4.78 is 3.72. The van der Waals surface area contributed by atoms with Gasteiger partial charge in [0.15, 0.2) is 3.95 Å². The summed E-state index contributed by atoms with van der Waals surface area (Å²) in [5.41, 5.74) is 1.02. The predicted octanol–water partition coefficient (Wildman–Crippen LogP) is 2.91. The number of aromatic nitrogens is 1. The molecule has 0 spiro atoms. The van der Waals surface area contributed by atoms with Crippen molar-refractivity contribution < 1.29 is 9.90 Å². The van der Waals surface area contributed by atoms with E-state index < -0.39 is 5.97 Å². The Balaban J connectivity index is 2.45. The number of carboxylic acids is 1. The maximum atomic E-state index is 10.5. The molecular weight excluding hydrogens is 230 g/mol. The third kappa shape index (κ3) is 2.08. The molecule has 0 radical (unpaired) electrons. The largest absolute Gasteiger partial charge is 0.481 e. The van der Waals surface area contributed by atoms with Crippen LogP contribution in [-0.2, 0) is 11.3 Å². The van der Waals surface area contributed by atoms with E-state index in [2.05, 4.69) is 0 Å². The van der Waals surface area contributed by atoms with Crippen LogP contribution in [0.3, 0.4) is 0 Å². The van der Waals surface area contributed by atoms with Gasteiger partial charge >= 0.3 is 5.97 Å². The van der Waals surface area contributed by atoms with Crippen molar-refractivity contribution in [3.8, 4) is 0 Å². The Kier molecular flexibility index (Phi) is 2.83. The van der Waals surface area contributed by atoms with Gasteiger partial charge in [-0.1, -0.05) is 12.1 Å². The fraction of sp³-hybridized carbons (Fsp3) is 0.200. The van der Waals surface area contributed by atoms with Gasteiger partial charge in [-0.05, 0) is 24.4 Å². The molecule has 78 valence electrons. The average Bonchev–Trinajstić information content (AvgIpc) is 2.50. The van der Waals surface area contributed by atoms with E-state index in [1.54, 1.807) is 0 Å². The molecule has 0 amide bonds. The molecule has 3 nitrogen and oxygen atoms in total. The number of hydrogen-bond donors (Lipinski definition) is 1. The van der Waals surface area contributed by atoms with Crippen LogP contribution < -0.4 is 0 Å². The van der Waals surface area contributed by atoms with Crippen LogP contribution in [0.5, 0.6) is 0 Å². The Bertz CT molecular complexity index is 556. The zero-order valence-electron chi connectivity index (χ0n) is 7.84. The first-order valence-corrected chi connectivity index (χ1v) is 5.71. The number of hydrogen-bond acceptors (Lipinski definition) is 3. The van der Waals surface area contributed by atoms with Crippen LogP contribution in [0.1, 0.15) is 6.42 Å². The fourth-order valence-corrected chi connectivity index (χ4v) is 2.81. The highest BCUT2D eigenvalue weighted by Gasteiger charge is 2.05. The van der Waals surface area contributed by atoms with Crippen molar-refractivity contribution in [1.29, 1.82) is 0 Å². The lowest BCUT2D eigenvalue weighted by atomic mass is 10.3. The van der Waals surface area contributed by atoms with Gasteiger partial charge in [0.05, 0.1) is 16.6 Å². The Hall–Kier alpha value is -1.20. The number of carbonyl (C=O) groups is 1. The van der Waals surface area contributed by atoms with Gasteiger partial charge in [0.25, 0.3) is 0 Å². The fourth-order valence-electron chi connectivity index (χ4n) is 1.43. The molecule has 1 aromatic carbocycles. The number of aliphatic carboxylic acids is 1. The van der Waals surface area contributed by atoms with E-state index >= 15 is 0 Å². The first kappa shape index (κ1) is 10.3. The molecule has 1 aromatic heterocycles. The molecule has 2 aromatic rings. The van der Waals surface area contributed by atoms with Gasteiger partial charge in [-0.25, -0.2) is 0 Å². The Morgan fingerprint density at radius 2 is 2.20 bits per heavy atom. The van der Waals surface area contributed by atoms with E-state index in [0.717, 1.165) is 14.2 Å². The molecule has 15 heavy (non-hydrogen) atoms. The molecule has 0 saturated heterocycles. The second-order valence-electron chi connectivity index (χ2n) is 3.13. The molecule has 0 unspecified atom stereocenters. The lowest BCUT2D eigenvalue weighted by Crippen LogP contribution is -2.03. The SMILES string of the molecule is O=C(O)CCn1c(=S)sc2ccccc21. The van der Waals surface area contributed by atoms with Crippen LogP contribution in [0.25, 0.3) is 10.2 Å². The molecule has 0 atom stereocenters. The minimum Gasteiger partial charge on any atom is -0.481 e. The van der Waals surface area contributed by atoms with Gasteiger partial charge in [0, 0.05) is 6.54 Å². The second-order valence-corrected chi connectivity index (χ2v) is 4.81.